The minimum atomic E-state index is -2.45. The Morgan fingerprint density at radius 2 is 2.11 bits per heavy atom. The summed E-state index contributed by atoms with van der Waals surface area (Å²) in [6, 6.07) is 0.201. The minimum absolute atomic E-state index is 0.0291. The van der Waals surface area contributed by atoms with Crippen LogP contribution >= 0.6 is 27.3 Å². The van der Waals surface area contributed by atoms with Crippen LogP contribution in [0, 0.1) is 5.92 Å². The van der Waals surface area contributed by atoms with Gasteiger partial charge in [0.1, 0.15) is 0 Å². The predicted octanol–water partition coefficient (Wildman–Crippen LogP) is 4.99. The molecule has 0 aromatic carbocycles. The Morgan fingerprint density at radius 3 is 2.61 bits per heavy atom. The normalized spacial score (nSPS) is 22.0. The lowest BCUT2D eigenvalue weighted by molar-refractivity contribution is -0.0497. The highest BCUT2D eigenvalue weighted by Gasteiger charge is 2.38. The number of halogens is 3. The molecule has 1 N–H and O–H groups in total. The van der Waals surface area contributed by atoms with Crippen LogP contribution in [-0.4, -0.2) is 12.5 Å². The molecule has 0 amide bonds. The van der Waals surface area contributed by atoms with Crippen molar-refractivity contribution in [3.63, 3.8) is 0 Å². The van der Waals surface area contributed by atoms with Crippen molar-refractivity contribution in [2.75, 3.05) is 6.54 Å². The molecule has 0 radical (unpaired) electrons. The van der Waals surface area contributed by atoms with Crippen LogP contribution in [0.3, 0.4) is 0 Å². The first-order chi connectivity index (χ1) is 8.53. The van der Waals surface area contributed by atoms with Crippen LogP contribution in [0.5, 0.6) is 0 Å². The molecule has 1 nitrogen and oxygen atoms in total. The lowest BCUT2D eigenvalue weighted by Gasteiger charge is -2.34. The van der Waals surface area contributed by atoms with E-state index < -0.39 is 5.92 Å². The van der Waals surface area contributed by atoms with Crippen molar-refractivity contribution in [2.24, 2.45) is 5.92 Å². The lowest BCUT2D eigenvalue weighted by atomic mass is 9.80. The second-order valence-corrected chi connectivity index (χ2v) is 6.50. The molecule has 1 saturated carbocycles. The average molecular weight is 338 g/mol. The summed E-state index contributed by atoms with van der Waals surface area (Å²) in [5.41, 5.74) is 1.22. The zero-order valence-corrected chi connectivity index (χ0v) is 12.8. The Morgan fingerprint density at radius 1 is 1.44 bits per heavy atom. The minimum Gasteiger partial charge on any atom is -0.310 e. The molecule has 2 rings (SSSR count). The molecular formula is C13H18BrF2NS. The molecule has 1 aliphatic carbocycles. The van der Waals surface area contributed by atoms with E-state index in [9.17, 15) is 8.78 Å². The van der Waals surface area contributed by atoms with Gasteiger partial charge < -0.3 is 5.32 Å². The lowest BCUT2D eigenvalue weighted by Crippen LogP contribution is -2.34. The number of thiophene rings is 1. The molecule has 1 atom stereocenters. The van der Waals surface area contributed by atoms with Crippen molar-refractivity contribution in [1.29, 1.82) is 0 Å². The van der Waals surface area contributed by atoms with Gasteiger partial charge in [0.05, 0.1) is 0 Å². The monoisotopic (exact) mass is 337 g/mol. The van der Waals surface area contributed by atoms with E-state index in [1.54, 1.807) is 11.3 Å². The SMILES string of the molecule is CCNC(c1cscc1Br)C1CCC(F)(F)CC1. The average Bonchev–Trinajstić information content (AvgIpc) is 2.73. The predicted molar refractivity (Wildman–Crippen MR) is 75.3 cm³/mol. The maximum atomic E-state index is 13.2. The van der Waals surface area contributed by atoms with Crippen LogP contribution in [0.15, 0.2) is 15.2 Å². The number of alkyl halides is 2. The molecule has 1 aromatic heterocycles. The summed E-state index contributed by atoms with van der Waals surface area (Å²) in [5.74, 6) is -2.13. The summed E-state index contributed by atoms with van der Waals surface area (Å²) in [7, 11) is 0. The third-order valence-electron chi connectivity index (χ3n) is 3.63. The van der Waals surface area contributed by atoms with E-state index in [-0.39, 0.29) is 18.9 Å². The van der Waals surface area contributed by atoms with Crippen LogP contribution in [0.2, 0.25) is 0 Å². The quantitative estimate of drug-likeness (QED) is 0.816. The highest BCUT2D eigenvalue weighted by molar-refractivity contribution is 9.10. The van der Waals surface area contributed by atoms with Gasteiger partial charge in [0.25, 0.3) is 0 Å². The Bertz CT molecular complexity index is 384. The summed E-state index contributed by atoms with van der Waals surface area (Å²) in [4.78, 5) is 0. The number of nitrogens with one attached hydrogen (secondary N) is 1. The molecule has 5 heteroatoms. The molecule has 18 heavy (non-hydrogen) atoms. The van der Waals surface area contributed by atoms with Crippen molar-refractivity contribution >= 4 is 27.3 Å². The summed E-state index contributed by atoms with van der Waals surface area (Å²) in [6.45, 7) is 2.92. The fraction of sp³-hybridized carbons (Fsp3) is 0.692. The summed E-state index contributed by atoms with van der Waals surface area (Å²) >= 11 is 5.20. The Labute approximate surface area is 119 Å². The van der Waals surface area contributed by atoms with E-state index in [1.807, 2.05) is 0 Å². The van der Waals surface area contributed by atoms with Gasteiger partial charge in [-0.25, -0.2) is 8.78 Å². The summed E-state index contributed by atoms with van der Waals surface area (Å²) < 4.78 is 27.5. The number of hydrogen-bond acceptors (Lipinski definition) is 2. The van der Waals surface area contributed by atoms with Gasteiger partial charge >= 0.3 is 0 Å². The Balaban J connectivity index is 2.10. The van der Waals surface area contributed by atoms with E-state index in [1.165, 1.54) is 5.56 Å². The van der Waals surface area contributed by atoms with Gasteiger partial charge in [0.15, 0.2) is 0 Å². The molecule has 0 bridgehead atoms. The largest absolute Gasteiger partial charge is 0.310 e. The topological polar surface area (TPSA) is 12.0 Å². The highest BCUT2D eigenvalue weighted by Crippen LogP contribution is 2.43. The summed E-state index contributed by atoms with van der Waals surface area (Å²) in [5, 5.41) is 7.62. The fourth-order valence-electron chi connectivity index (χ4n) is 2.66. The van der Waals surface area contributed by atoms with Crippen LogP contribution < -0.4 is 5.32 Å². The van der Waals surface area contributed by atoms with Gasteiger partial charge in [-0.15, -0.1) is 0 Å². The van der Waals surface area contributed by atoms with E-state index >= 15 is 0 Å². The van der Waals surface area contributed by atoms with Crippen molar-refractivity contribution in [1.82, 2.24) is 5.32 Å². The standard InChI is InChI=1S/C13H18BrF2NS/c1-2-17-12(10-7-18-8-11(10)14)9-3-5-13(15,16)6-4-9/h7-9,12,17H,2-6H2,1H3. The van der Waals surface area contributed by atoms with Gasteiger partial charge in [-0.3, -0.25) is 0 Å². The molecule has 0 spiro atoms. The smallest absolute Gasteiger partial charge is 0.248 e. The van der Waals surface area contributed by atoms with E-state index in [4.69, 9.17) is 0 Å². The molecule has 0 saturated heterocycles. The molecule has 0 aliphatic heterocycles. The zero-order valence-electron chi connectivity index (χ0n) is 10.4. The molecule has 1 aromatic rings. The third-order valence-corrected chi connectivity index (χ3v) is 5.39. The van der Waals surface area contributed by atoms with E-state index in [0.29, 0.717) is 18.8 Å². The van der Waals surface area contributed by atoms with Crippen molar-refractivity contribution in [3.05, 3.63) is 20.8 Å². The first-order valence-electron chi connectivity index (χ1n) is 6.36. The number of rotatable bonds is 4. The fourth-order valence-corrected chi connectivity index (χ4v) is 4.24. The van der Waals surface area contributed by atoms with Gasteiger partial charge in [-0.2, -0.15) is 11.3 Å². The van der Waals surface area contributed by atoms with Crippen molar-refractivity contribution in [3.8, 4) is 0 Å². The van der Waals surface area contributed by atoms with Gasteiger partial charge in [0.2, 0.25) is 5.92 Å². The Kier molecular flexibility index (Phi) is 4.78. The molecule has 1 aliphatic rings. The zero-order chi connectivity index (χ0) is 13.2. The molecular weight excluding hydrogens is 320 g/mol. The van der Waals surface area contributed by atoms with Crippen LogP contribution in [0.1, 0.15) is 44.2 Å². The second-order valence-electron chi connectivity index (χ2n) is 4.90. The second kappa shape index (κ2) is 5.97. The van der Waals surface area contributed by atoms with Crippen LogP contribution in [0.25, 0.3) is 0 Å². The molecule has 102 valence electrons. The van der Waals surface area contributed by atoms with Gasteiger partial charge in [-0.1, -0.05) is 6.92 Å². The molecule has 1 unspecified atom stereocenters. The summed E-state index contributed by atoms with van der Waals surface area (Å²) in [6.07, 6.45) is 1.27. The van der Waals surface area contributed by atoms with E-state index in [2.05, 4.69) is 38.9 Å². The Hall–Kier alpha value is -0.000000000000000111. The third kappa shape index (κ3) is 3.31. The van der Waals surface area contributed by atoms with Crippen LogP contribution in [-0.2, 0) is 0 Å². The van der Waals surface area contributed by atoms with Crippen LogP contribution in [0.4, 0.5) is 8.78 Å². The first-order valence-corrected chi connectivity index (χ1v) is 8.10. The van der Waals surface area contributed by atoms with Gasteiger partial charge in [-0.05, 0) is 52.2 Å². The van der Waals surface area contributed by atoms with E-state index in [0.717, 1.165) is 11.0 Å². The first kappa shape index (κ1) is 14.4. The van der Waals surface area contributed by atoms with Crippen molar-refractivity contribution < 1.29 is 8.78 Å². The molecule has 1 fully saturated rings. The maximum absolute atomic E-state index is 13.2. The van der Waals surface area contributed by atoms with Gasteiger partial charge in [0, 0.05) is 28.7 Å². The molecule has 1 heterocycles. The maximum Gasteiger partial charge on any atom is 0.248 e. The van der Waals surface area contributed by atoms with Crippen molar-refractivity contribution in [2.45, 2.75) is 44.6 Å². The highest BCUT2D eigenvalue weighted by atomic mass is 79.9. The number of hydrogen-bond donors (Lipinski definition) is 1.